The Morgan fingerprint density at radius 3 is 2.79 bits per heavy atom. The molecule has 3 fully saturated rings. The zero-order valence-corrected chi connectivity index (χ0v) is 11.1. The van der Waals surface area contributed by atoms with E-state index in [1.165, 1.54) is 29.3 Å². The van der Waals surface area contributed by atoms with Gasteiger partial charge in [0.05, 0.1) is 0 Å². The highest BCUT2D eigenvalue weighted by molar-refractivity contribution is 5.79. The molecule has 0 aliphatic heterocycles. The second-order valence-electron chi connectivity index (χ2n) is 6.79. The summed E-state index contributed by atoms with van der Waals surface area (Å²) in [6.07, 6.45) is 6.59. The Kier molecular flexibility index (Phi) is 2.01. The molecule has 2 nitrogen and oxygen atoms in total. The number of H-pyrrole nitrogens is 1. The molecular formula is C17H20N2. The fraction of sp³-hybridized carbons (Fsp3) is 0.529. The number of hydrogen-bond donors (Lipinski definition) is 2. The summed E-state index contributed by atoms with van der Waals surface area (Å²) >= 11 is 0. The molecule has 1 aromatic carbocycles. The van der Waals surface area contributed by atoms with Crippen molar-refractivity contribution in [1.29, 1.82) is 0 Å². The SMILES string of the molecule is c1cc2cc(CNC3C4C5CCC(C5)C34)ccc2[nH]1. The third-order valence-corrected chi connectivity index (χ3v) is 5.89. The van der Waals surface area contributed by atoms with Gasteiger partial charge in [0.25, 0.3) is 0 Å². The van der Waals surface area contributed by atoms with Crippen LogP contribution in [0.2, 0.25) is 0 Å². The van der Waals surface area contributed by atoms with Gasteiger partial charge in [-0.25, -0.2) is 0 Å². The molecule has 98 valence electrons. The highest BCUT2D eigenvalue weighted by Crippen LogP contribution is 2.65. The van der Waals surface area contributed by atoms with Gasteiger partial charge in [-0.15, -0.1) is 0 Å². The fourth-order valence-electron chi connectivity index (χ4n) is 5.05. The van der Waals surface area contributed by atoms with Crippen molar-refractivity contribution >= 4 is 10.9 Å². The quantitative estimate of drug-likeness (QED) is 0.862. The lowest BCUT2D eigenvalue weighted by atomic mass is 10.0. The zero-order chi connectivity index (χ0) is 12.4. The van der Waals surface area contributed by atoms with Crippen LogP contribution in [-0.2, 0) is 6.54 Å². The molecule has 2 aromatic rings. The second kappa shape index (κ2) is 3.63. The summed E-state index contributed by atoms with van der Waals surface area (Å²) in [7, 11) is 0. The zero-order valence-electron chi connectivity index (χ0n) is 11.1. The highest BCUT2D eigenvalue weighted by Gasteiger charge is 2.64. The number of benzene rings is 1. The van der Waals surface area contributed by atoms with E-state index in [1.54, 1.807) is 6.42 Å². The van der Waals surface area contributed by atoms with Crippen LogP contribution in [0.1, 0.15) is 24.8 Å². The van der Waals surface area contributed by atoms with Crippen LogP contribution in [0.15, 0.2) is 30.5 Å². The normalized spacial score (nSPS) is 38.8. The van der Waals surface area contributed by atoms with Crippen molar-refractivity contribution in [3.8, 4) is 0 Å². The average Bonchev–Trinajstić information content (AvgIpc) is 2.85. The van der Waals surface area contributed by atoms with Gasteiger partial charge >= 0.3 is 0 Å². The van der Waals surface area contributed by atoms with Gasteiger partial charge in [0.1, 0.15) is 0 Å². The van der Waals surface area contributed by atoms with Crippen molar-refractivity contribution in [3.63, 3.8) is 0 Å². The van der Waals surface area contributed by atoms with Gasteiger partial charge in [0.2, 0.25) is 0 Å². The summed E-state index contributed by atoms with van der Waals surface area (Å²) in [4.78, 5) is 3.26. The van der Waals surface area contributed by atoms with Gasteiger partial charge in [-0.05, 0) is 72.1 Å². The smallest absolute Gasteiger partial charge is 0.0454 e. The van der Waals surface area contributed by atoms with E-state index in [0.717, 1.165) is 36.3 Å². The molecule has 0 saturated heterocycles. The maximum Gasteiger partial charge on any atom is 0.0454 e. The Morgan fingerprint density at radius 1 is 1.11 bits per heavy atom. The first-order chi connectivity index (χ1) is 9.40. The molecule has 0 amide bonds. The lowest BCUT2D eigenvalue weighted by Gasteiger charge is -2.10. The van der Waals surface area contributed by atoms with E-state index >= 15 is 0 Å². The van der Waals surface area contributed by atoms with Crippen LogP contribution in [0.4, 0.5) is 0 Å². The third-order valence-electron chi connectivity index (χ3n) is 5.89. The Bertz CT molecular complexity index is 613. The number of fused-ring (bicyclic) bond motifs is 6. The first-order valence-corrected chi connectivity index (χ1v) is 7.69. The van der Waals surface area contributed by atoms with Gasteiger partial charge in [-0.3, -0.25) is 0 Å². The average molecular weight is 252 g/mol. The lowest BCUT2D eigenvalue weighted by Crippen LogP contribution is -2.22. The number of aromatic nitrogens is 1. The molecule has 3 aliphatic rings. The van der Waals surface area contributed by atoms with Gasteiger partial charge in [-0.2, -0.15) is 0 Å². The summed E-state index contributed by atoms with van der Waals surface area (Å²) in [5, 5.41) is 5.15. The largest absolute Gasteiger partial charge is 0.361 e. The van der Waals surface area contributed by atoms with Crippen molar-refractivity contribution in [2.75, 3.05) is 0 Å². The minimum absolute atomic E-state index is 0.841. The molecule has 1 heterocycles. The van der Waals surface area contributed by atoms with Crippen molar-refractivity contribution < 1.29 is 0 Å². The minimum Gasteiger partial charge on any atom is -0.361 e. The molecule has 2 N–H and O–H groups in total. The van der Waals surface area contributed by atoms with Crippen molar-refractivity contribution in [2.24, 2.45) is 23.7 Å². The van der Waals surface area contributed by atoms with Gasteiger partial charge in [0, 0.05) is 24.3 Å². The Balaban J connectivity index is 1.29. The summed E-state index contributed by atoms with van der Waals surface area (Å²) < 4.78 is 0. The maximum absolute atomic E-state index is 3.82. The molecule has 5 rings (SSSR count). The van der Waals surface area contributed by atoms with E-state index in [9.17, 15) is 0 Å². The van der Waals surface area contributed by atoms with Crippen LogP contribution in [0, 0.1) is 23.7 Å². The van der Waals surface area contributed by atoms with Gasteiger partial charge in [-0.1, -0.05) is 6.07 Å². The predicted molar refractivity (Wildman–Crippen MR) is 76.7 cm³/mol. The van der Waals surface area contributed by atoms with Crippen LogP contribution in [-0.4, -0.2) is 11.0 Å². The van der Waals surface area contributed by atoms with Crippen LogP contribution in [0.3, 0.4) is 0 Å². The summed E-state index contributed by atoms with van der Waals surface area (Å²) in [6.45, 7) is 1.04. The summed E-state index contributed by atoms with van der Waals surface area (Å²) in [5.41, 5.74) is 2.66. The van der Waals surface area contributed by atoms with E-state index in [-0.39, 0.29) is 0 Å². The van der Waals surface area contributed by atoms with Crippen molar-refractivity contribution in [3.05, 3.63) is 36.0 Å². The molecule has 19 heavy (non-hydrogen) atoms. The van der Waals surface area contributed by atoms with Crippen LogP contribution >= 0.6 is 0 Å². The Morgan fingerprint density at radius 2 is 1.95 bits per heavy atom. The molecule has 0 spiro atoms. The Labute approximate surface area is 113 Å². The molecule has 3 aliphatic carbocycles. The maximum atomic E-state index is 3.82. The second-order valence-corrected chi connectivity index (χ2v) is 6.79. The monoisotopic (exact) mass is 252 g/mol. The van der Waals surface area contributed by atoms with Crippen molar-refractivity contribution in [1.82, 2.24) is 10.3 Å². The topological polar surface area (TPSA) is 27.8 Å². The predicted octanol–water partition coefficient (Wildman–Crippen LogP) is 3.30. The van der Waals surface area contributed by atoms with E-state index in [4.69, 9.17) is 0 Å². The summed E-state index contributed by atoms with van der Waals surface area (Å²) in [6, 6.07) is 9.76. The number of hydrogen-bond acceptors (Lipinski definition) is 1. The van der Waals surface area contributed by atoms with Crippen LogP contribution < -0.4 is 5.32 Å². The van der Waals surface area contributed by atoms with Gasteiger partial charge < -0.3 is 10.3 Å². The van der Waals surface area contributed by atoms with E-state index in [1.807, 2.05) is 6.20 Å². The minimum atomic E-state index is 0.841. The summed E-state index contributed by atoms with van der Waals surface area (Å²) in [5.74, 6) is 4.21. The number of aromatic amines is 1. The van der Waals surface area contributed by atoms with Crippen LogP contribution in [0.5, 0.6) is 0 Å². The van der Waals surface area contributed by atoms with E-state index in [0.29, 0.717) is 0 Å². The molecule has 4 unspecified atom stereocenters. The standard InChI is InChI=1S/C17H20N2/c1-4-14-11(5-6-18-14)7-10(1)9-19-17-15-12-2-3-13(8-12)16(15)17/h1,4-7,12-13,15-19H,2-3,8-9H2. The van der Waals surface area contributed by atoms with Crippen LogP contribution in [0.25, 0.3) is 10.9 Å². The third kappa shape index (κ3) is 1.47. The first kappa shape index (κ1) is 10.5. The fourth-order valence-corrected chi connectivity index (χ4v) is 5.05. The number of rotatable bonds is 3. The highest BCUT2D eigenvalue weighted by atomic mass is 15.0. The van der Waals surface area contributed by atoms with Crippen molar-refractivity contribution in [2.45, 2.75) is 31.8 Å². The Hall–Kier alpha value is -1.28. The van der Waals surface area contributed by atoms with Gasteiger partial charge in [0.15, 0.2) is 0 Å². The molecule has 2 heteroatoms. The molecule has 1 aromatic heterocycles. The first-order valence-electron chi connectivity index (χ1n) is 7.69. The van der Waals surface area contributed by atoms with E-state index in [2.05, 4.69) is 34.6 Å². The molecule has 0 radical (unpaired) electrons. The molecule has 2 bridgehead atoms. The number of nitrogens with one attached hydrogen (secondary N) is 2. The molecule has 4 atom stereocenters. The van der Waals surface area contributed by atoms with E-state index < -0.39 is 0 Å². The lowest BCUT2D eigenvalue weighted by molar-refractivity contribution is 0.456. The molecule has 3 saturated carbocycles. The molecular weight excluding hydrogens is 232 g/mol.